The first-order chi connectivity index (χ1) is 15.6. The standard InChI is InChI=1S/C24H25N5O3/c1-16-9-11-29(12-10-16)23-8-6-20(27-28-23)17-3-2-4-18(13-17)25-24(30)26-19-5-7-21-22(14-19)32-15-31-21/h2-8,13-14,16H,9-12,15H2,1H3,(H2,25,26,30). The van der Waals surface area contributed by atoms with Crippen LogP contribution in [0.4, 0.5) is 22.0 Å². The molecule has 5 rings (SSSR count). The van der Waals surface area contributed by atoms with Crippen LogP contribution in [0.15, 0.2) is 54.6 Å². The zero-order valence-electron chi connectivity index (χ0n) is 17.9. The molecule has 2 aromatic carbocycles. The lowest BCUT2D eigenvalue weighted by Crippen LogP contribution is -2.33. The number of fused-ring (bicyclic) bond motifs is 1. The van der Waals surface area contributed by atoms with Crippen molar-refractivity contribution in [2.75, 3.05) is 35.4 Å². The summed E-state index contributed by atoms with van der Waals surface area (Å²) in [6, 6.07) is 16.5. The Morgan fingerprint density at radius 3 is 2.50 bits per heavy atom. The molecule has 1 fully saturated rings. The number of rotatable bonds is 4. The molecule has 1 saturated heterocycles. The van der Waals surface area contributed by atoms with Gasteiger partial charge in [0.05, 0.1) is 5.69 Å². The van der Waals surface area contributed by atoms with E-state index >= 15 is 0 Å². The Kier molecular flexibility index (Phi) is 5.49. The van der Waals surface area contributed by atoms with Crippen LogP contribution in [0.1, 0.15) is 19.8 Å². The lowest BCUT2D eigenvalue weighted by atomic mass is 9.99. The van der Waals surface area contributed by atoms with Crippen molar-refractivity contribution in [1.82, 2.24) is 10.2 Å². The van der Waals surface area contributed by atoms with Crippen LogP contribution >= 0.6 is 0 Å². The normalized spacial score (nSPS) is 15.5. The van der Waals surface area contributed by atoms with Crippen LogP contribution < -0.4 is 25.0 Å². The van der Waals surface area contributed by atoms with Crippen molar-refractivity contribution in [2.24, 2.45) is 5.92 Å². The largest absolute Gasteiger partial charge is 0.454 e. The first-order valence-corrected chi connectivity index (χ1v) is 10.8. The highest BCUT2D eigenvalue weighted by Gasteiger charge is 2.17. The average Bonchev–Trinajstić information content (AvgIpc) is 3.28. The second-order valence-corrected chi connectivity index (χ2v) is 8.17. The van der Waals surface area contributed by atoms with Gasteiger partial charge in [-0.3, -0.25) is 0 Å². The van der Waals surface area contributed by atoms with Crippen molar-refractivity contribution in [3.8, 4) is 22.8 Å². The van der Waals surface area contributed by atoms with Crippen molar-refractivity contribution in [1.29, 1.82) is 0 Å². The number of carbonyl (C=O) groups is 1. The molecule has 2 N–H and O–H groups in total. The fraction of sp³-hybridized carbons (Fsp3) is 0.292. The number of urea groups is 1. The zero-order valence-corrected chi connectivity index (χ0v) is 17.9. The molecule has 32 heavy (non-hydrogen) atoms. The number of nitrogens with one attached hydrogen (secondary N) is 2. The third-order valence-corrected chi connectivity index (χ3v) is 5.80. The minimum absolute atomic E-state index is 0.193. The van der Waals surface area contributed by atoms with E-state index in [1.807, 2.05) is 36.4 Å². The highest BCUT2D eigenvalue weighted by atomic mass is 16.7. The molecular weight excluding hydrogens is 406 g/mol. The molecule has 2 aliphatic rings. The molecule has 8 heteroatoms. The summed E-state index contributed by atoms with van der Waals surface area (Å²) in [7, 11) is 0. The molecule has 0 aliphatic carbocycles. The maximum Gasteiger partial charge on any atom is 0.323 e. The lowest BCUT2D eigenvalue weighted by molar-refractivity contribution is 0.174. The van der Waals surface area contributed by atoms with Crippen molar-refractivity contribution >= 4 is 23.2 Å². The van der Waals surface area contributed by atoms with Gasteiger partial charge >= 0.3 is 6.03 Å². The molecule has 3 aromatic rings. The van der Waals surface area contributed by atoms with Gasteiger partial charge in [-0.15, -0.1) is 10.2 Å². The SMILES string of the molecule is CC1CCN(c2ccc(-c3cccc(NC(=O)Nc4ccc5c(c4)OCO5)c3)nn2)CC1. The molecule has 164 valence electrons. The van der Waals surface area contributed by atoms with Crippen LogP contribution in [0.3, 0.4) is 0 Å². The predicted molar refractivity (Wildman–Crippen MR) is 123 cm³/mol. The van der Waals surface area contributed by atoms with Crippen LogP contribution in [0.25, 0.3) is 11.3 Å². The summed E-state index contributed by atoms with van der Waals surface area (Å²) in [5.74, 6) is 2.98. The van der Waals surface area contributed by atoms with Gasteiger partial charge < -0.3 is 25.0 Å². The minimum atomic E-state index is -0.346. The number of aromatic nitrogens is 2. The second kappa shape index (κ2) is 8.74. The number of nitrogens with zero attached hydrogens (tertiary/aromatic N) is 3. The molecule has 1 aromatic heterocycles. The number of piperidine rings is 1. The Morgan fingerprint density at radius 1 is 0.938 bits per heavy atom. The highest BCUT2D eigenvalue weighted by Crippen LogP contribution is 2.34. The number of benzene rings is 2. The van der Waals surface area contributed by atoms with Gasteiger partial charge in [-0.05, 0) is 55.2 Å². The molecule has 0 bridgehead atoms. The number of ether oxygens (including phenoxy) is 2. The molecule has 0 saturated carbocycles. The predicted octanol–water partition coefficient (Wildman–Crippen LogP) is 4.75. The van der Waals surface area contributed by atoms with Gasteiger partial charge in [0.25, 0.3) is 0 Å². The van der Waals surface area contributed by atoms with Gasteiger partial charge in [-0.1, -0.05) is 19.1 Å². The molecule has 2 amide bonds. The Hall–Kier alpha value is -3.81. The first-order valence-electron chi connectivity index (χ1n) is 10.8. The Labute approximate surface area is 186 Å². The molecule has 0 spiro atoms. The fourth-order valence-electron chi connectivity index (χ4n) is 3.91. The van der Waals surface area contributed by atoms with Crippen molar-refractivity contribution in [3.05, 3.63) is 54.6 Å². The van der Waals surface area contributed by atoms with E-state index in [0.717, 1.165) is 36.1 Å². The van der Waals surface area contributed by atoms with Crippen LogP contribution in [-0.4, -0.2) is 36.1 Å². The van der Waals surface area contributed by atoms with Crippen LogP contribution in [0.2, 0.25) is 0 Å². The van der Waals surface area contributed by atoms with E-state index in [-0.39, 0.29) is 12.8 Å². The number of amides is 2. The quantitative estimate of drug-likeness (QED) is 0.620. The van der Waals surface area contributed by atoms with E-state index in [1.54, 1.807) is 18.2 Å². The fourth-order valence-corrected chi connectivity index (χ4v) is 3.91. The highest BCUT2D eigenvalue weighted by molar-refractivity contribution is 6.00. The average molecular weight is 431 g/mol. The first kappa shape index (κ1) is 20.1. The van der Waals surface area contributed by atoms with Gasteiger partial charge in [0.15, 0.2) is 17.3 Å². The van der Waals surface area contributed by atoms with Crippen molar-refractivity contribution in [3.63, 3.8) is 0 Å². The number of carbonyl (C=O) groups excluding carboxylic acids is 1. The minimum Gasteiger partial charge on any atom is -0.454 e. The van der Waals surface area contributed by atoms with E-state index in [9.17, 15) is 4.79 Å². The number of hydrogen-bond donors (Lipinski definition) is 2. The second-order valence-electron chi connectivity index (χ2n) is 8.17. The van der Waals surface area contributed by atoms with Crippen molar-refractivity contribution in [2.45, 2.75) is 19.8 Å². The van der Waals surface area contributed by atoms with E-state index < -0.39 is 0 Å². The summed E-state index contributed by atoms with van der Waals surface area (Å²) in [5, 5.41) is 14.5. The topological polar surface area (TPSA) is 88.6 Å². The van der Waals surface area contributed by atoms with E-state index in [4.69, 9.17) is 9.47 Å². The summed E-state index contributed by atoms with van der Waals surface area (Å²) in [5.41, 5.74) is 2.93. The summed E-state index contributed by atoms with van der Waals surface area (Å²) >= 11 is 0. The molecule has 0 radical (unpaired) electrons. The smallest absolute Gasteiger partial charge is 0.323 e. The van der Waals surface area contributed by atoms with E-state index in [2.05, 4.69) is 32.7 Å². The maximum absolute atomic E-state index is 12.4. The van der Waals surface area contributed by atoms with Gasteiger partial charge in [0.2, 0.25) is 6.79 Å². The van der Waals surface area contributed by atoms with Gasteiger partial charge in [0, 0.05) is 36.1 Å². The molecule has 0 unspecified atom stereocenters. The van der Waals surface area contributed by atoms with E-state index in [1.165, 1.54) is 12.8 Å². The van der Waals surface area contributed by atoms with Crippen LogP contribution in [-0.2, 0) is 0 Å². The summed E-state index contributed by atoms with van der Waals surface area (Å²) in [6.45, 7) is 4.53. The lowest BCUT2D eigenvalue weighted by Gasteiger charge is -2.30. The Morgan fingerprint density at radius 2 is 1.72 bits per heavy atom. The molecule has 0 atom stereocenters. The summed E-state index contributed by atoms with van der Waals surface area (Å²) < 4.78 is 10.6. The summed E-state index contributed by atoms with van der Waals surface area (Å²) in [4.78, 5) is 14.7. The number of hydrogen-bond acceptors (Lipinski definition) is 6. The molecule has 8 nitrogen and oxygen atoms in total. The zero-order chi connectivity index (χ0) is 21.9. The van der Waals surface area contributed by atoms with Gasteiger partial charge in [-0.25, -0.2) is 4.79 Å². The third-order valence-electron chi connectivity index (χ3n) is 5.80. The molecule has 2 aliphatic heterocycles. The molecular formula is C24H25N5O3. The Balaban J connectivity index is 1.23. The Bertz CT molecular complexity index is 1110. The van der Waals surface area contributed by atoms with Crippen LogP contribution in [0.5, 0.6) is 11.5 Å². The van der Waals surface area contributed by atoms with Gasteiger partial charge in [0.1, 0.15) is 0 Å². The molecule has 3 heterocycles. The van der Waals surface area contributed by atoms with Gasteiger partial charge in [-0.2, -0.15) is 0 Å². The summed E-state index contributed by atoms with van der Waals surface area (Å²) in [6.07, 6.45) is 2.37. The van der Waals surface area contributed by atoms with E-state index in [0.29, 0.717) is 22.9 Å². The van der Waals surface area contributed by atoms with Crippen molar-refractivity contribution < 1.29 is 14.3 Å². The number of anilines is 3. The monoisotopic (exact) mass is 431 g/mol. The maximum atomic E-state index is 12.4. The third kappa shape index (κ3) is 4.44. The van der Waals surface area contributed by atoms with Crippen LogP contribution in [0, 0.1) is 5.92 Å².